The van der Waals surface area contributed by atoms with Crippen molar-refractivity contribution in [1.82, 2.24) is 4.90 Å². The molecule has 0 unspecified atom stereocenters. The third-order valence-corrected chi connectivity index (χ3v) is 6.42. The maximum Gasteiger partial charge on any atom is 0.265 e. The van der Waals surface area contributed by atoms with Gasteiger partial charge in [0.1, 0.15) is 0 Å². The summed E-state index contributed by atoms with van der Waals surface area (Å²) in [5, 5.41) is 7.47. The van der Waals surface area contributed by atoms with Crippen LogP contribution >= 0.6 is 11.3 Å². The van der Waals surface area contributed by atoms with Crippen molar-refractivity contribution < 1.29 is 19.2 Å². The molecule has 0 fully saturated rings. The van der Waals surface area contributed by atoms with Gasteiger partial charge >= 0.3 is 0 Å². The van der Waals surface area contributed by atoms with Crippen LogP contribution in [0, 0.1) is 0 Å². The summed E-state index contributed by atoms with van der Waals surface area (Å²) < 4.78 is 0. The highest BCUT2D eigenvalue weighted by Crippen LogP contribution is 2.24. The van der Waals surface area contributed by atoms with Crippen molar-refractivity contribution in [3.05, 3.63) is 117 Å². The molecule has 0 aliphatic carbocycles. The molecule has 0 bridgehead atoms. The van der Waals surface area contributed by atoms with Gasteiger partial charge in [0.15, 0.2) is 0 Å². The average molecular weight is 482 g/mol. The van der Waals surface area contributed by atoms with Crippen LogP contribution in [0.3, 0.4) is 0 Å². The van der Waals surface area contributed by atoms with Crippen molar-refractivity contribution in [3.63, 3.8) is 0 Å². The van der Waals surface area contributed by atoms with Gasteiger partial charge in [0.2, 0.25) is 0 Å². The Hall–Kier alpha value is -4.56. The minimum absolute atomic E-state index is 0.0755. The molecule has 1 aliphatic heterocycles. The number of carbonyl (C=O) groups excluding carboxylic acids is 4. The lowest BCUT2D eigenvalue weighted by Crippen LogP contribution is -2.29. The molecule has 2 heterocycles. The highest BCUT2D eigenvalue weighted by atomic mass is 32.1. The number of imide groups is 1. The number of nitrogens with one attached hydrogen (secondary N) is 2. The molecule has 0 radical (unpaired) electrons. The monoisotopic (exact) mass is 481 g/mol. The smallest absolute Gasteiger partial charge is 0.265 e. The van der Waals surface area contributed by atoms with Gasteiger partial charge in [-0.15, -0.1) is 11.3 Å². The van der Waals surface area contributed by atoms with Crippen LogP contribution in [0.1, 0.15) is 46.3 Å². The Morgan fingerprint density at radius 1 is 0.714 bits per heavy atom. The van der Waals surface area contributed by atoms with Crippen LogP contribution < -0.4 is 10.6 Å². The zero-order valence-corrected chi connectivity index (χ0v) is 19.2. The van der Waals surface area contributed by atoms with E-state index in [1.165, 1.54) is 16.2 Å². The molecule has 5 rings (SSSR count). The first-order valence-corrected chi connectivity index (χ1v) is 11.7. The molecule has 35 heavy (non-hydrogen) atoms. The van der Waals surface area contributed by atoms with Crippen LogP contribution in [0.4, 0.5) is 11.4 Å². The van der Waals surface area contributed by atoms with Gasteiger partial charge in [0.05, 0.1) is 22.5 Å². The zero-order chi connectivity index (χ0) is 24.4. The third kappa shape index (κ3) is 4.60. The topological polar surface area (TPSA) is 95.6 Å². The Balaban J connectivity index is 1.24. The number of hydrogen-bond acceptors (Lipinski definition) is 5. The lowest BCUT2D eigenvalue weighted by atomic mass is 10.1. The van der Waals surface area contributed by atoms with E-state index in [9.17, 15) is 19.2 Å². The molecule has 0 saturated heterocycles. The molecule has 2 N–H and O–H groups in total. The molecule has 3 aromatic carbocycles. The lowest BCUT2D eigenvalue weighted by molar-refractivity contribution is 0.0642. The Bertz CT molecular complexity index is 1410. The van der Waals surface area contributed by atoms with Crippen molar-refractivity contribution >= 4 is 46.3 Å². The molecule has 4 aromatic rings. The second kappa shape index (κ2) is 9.36. The molecule has 8 heteroatoms. The number of fused-ring (bicyclic) bond motifs is 1. The van der Waals surface area contributed by atoms with E-state index in [2.05, 4.69) is 10.6 Å². The number of thiophene rings is 1. The molecule has 0 spiro atoms. The van der Waals surface area contributed by atoms with Gasteiger partial charge in [-0.1, -0.05) is 30.3 Å². The Labute approximate surface area is 205 Å². The van der Waals surface area contributed by atoms with Gasteiger partial charge in [-0.25, -0.2) is 0 Å². The Morgan fingerprint density at radius 3 is 1.94 bits per heavy atom. The number of hydrogen-bond donors (Lipinski definition) is 2. The molecule has 0 saturated carbocycles. The Morgan fingerprint density at radius 2 is 1.34 bits per heavy atom. The van der Waals surface area contributed by atoms with Gasteiger partial charge in [0, 0.05) is 16.9 Å². The predicted molar refractivity (Wildman–Crippen MR) is 134 cm³/mol. The zero-order valence-electron chi connectivity index (χ0n) is 18.4. The van der Waals surface area contributed by atoms with E-state index in [1.54, 1.807) is 78.9 Å². The van der Waals surface area contributed by atoms with E-state index in [1.807, 2.05) is 11.4 Å². The fraction of sp³-hybridized carbons (Fsp3) is 0.0370. The number of nitrogens with zero attached hydrogens (tertiary/aromatic N) is 1. The molecule has 1 aromatic heterocycles. The molecule has 7 nitrogen and oxygen atoms in total. The SMILES string of the molecule is O=C(Nc1ccc(NC(=O)c2cccs2)cc1)c1cccc(CN2C(=O)c3ccccc3C2=O)c1. The van der Waals surface area contributed by atoms with Gasteiger partial charge in [-0.2, -0.15) is 0 Å². The van der Waals surface area contributed by atoms with E-state index < -0.39 is 0 Å². The first-order valence-electron chi connectivity index (χ1n) is 10.8. The fourth-order valence-corrected chi connectivity index (χ4v) is 4.44. The highest BCUT2D eigenvalue weighted by molar-refractivity contribution is 7.12. The fourth-order valence-electron chi connectivity index (χ4n) is 3.82. The summed E-state index contributed by atoms with van der Waals surface area (Å²) in [4.78, 5) is 52.0. The van der Waals surface area contributed by atoms with E-state index in [0.29, 0.717) is 38.5 Å². The van der Waals surface area contributed by atoms with Crippen LogP contribution in [0.5, 0.6) is 0 Å². The largest absolute Gasteiger partial charge is 0.322 e. The van der Waals surface area contributed by atoms with E-state index >= 15 is 0 Å². The standard InChI is InChI=1S/C27H19N3O4S/c31-24(28-19-10-12-20(13-11-19)29-25(32)23-9-4-14-35-23)18-6-3-5-17(15-18)16-30-26(33)21-7-1-2-8-22(21)27(30)34/h1-15H,16H2,(H,28,31)(H,29,32). The summed E-state index contributed by atoms with van der Waals surface area (Å²) in [6.45, 7) is 0.0755. The van der Waals surface area contributed by atoms with Crippen molar-refractivity contribution in [2.45, 2.75) is 6.54 Å². The first-order chi connectivity index (χ1) is 17.0. The molecule has 1 aliphatic rings. The van der Waals surface area contributed by atoms with Crippen molar-refractivity contribution in [2.75, 3.05) is 10.6 Å². The van der Waals surface area contributed by atoms with Gasteiger partial charge < -0.3 is 10.6 Å². The van der Waals surface area contributed by atoms with Gasteiger partial charge in [-0.05, 0) is 65.5 Å². The second-order valence-electron chi connectivity index (χ2n) is 7.91. The van der Waals surface area contributed by atoms with Crippen LogP contribution in [0.2, 0.25) is 0 Å². The lowest BCUT2D eigenvalue weighted by Gasteiger charge is -2.14. The molecule has 4 amide bonds. The first kappa shape index (κ1) is 22.2. The van der Waals surface area contributed by atoms with Gasteiger partial charge in [0.25, 0.3) is 23.6 Å². The minimum Gasteiger partial charge on any atom is -0.322 e. The van der Waals surface area contributed by atoms with Crippen LogP contribution in [0.15, 0.2) is 90.3 Å². The minimum atomic E-state index is -0.341. The van der Waals surface area contributed by atoms with Crippen molar-refractivity contribution in [2.24, 2.45) is 0 Å². The van der Waals surface area contributed by atoms with Gasteiger partial charge in [-0.3, -0.25) is 24.1 Å². The summed E-state index contributed by atoms with van der Waals surface area (Å²) in [5.74, 6) is -1.20. The molecule has 0 atom stereocenters. The maximum absolute atomic E-state index is 12.8. The number of amides is 4. The maximum atomic E-state index is 12.8. The summed E-state index contributed by atoms with van der Waals surface area (Å²) in [7, 11) is 0. The molecular weight excluding hydrogens is 462 g/mol. The summed E-state index contributed by atoms with van der Waals surface area (Å²) >= 11 is 1.36. The predicted octanol–water partition coefficient (Wildman–Crippen LogP) is 5.05. The normalized spacial score (nSPS) is 12.4. The number of carbonyl (C=O) groups is 4. The summed E-state index contributed by atoms with van der Waals surface area (Å²) in [6.07, 6.45) is 0. The third-order valence-electron chi connectivity index (χ3n) is 5.55. The summed E-state index contributed by atoms with van der Waals surface area (Å²) in [6, 6.07) is 23.9. The number of anilines is 2. The quantitative estimate of drug-likeness (QED) is 0.377. The van der Waals surface area contributed by atoms with Crippen molar-refractivity contribution in [1.29, 1.82) is 0 Å². The molecular formula is C27H19N3O4S. The molecule has 172 valence electrons. The second-order valence-corrected chi connectivity index (χ2v) is 8.85. The van der Waals surface area contributed by atoms with E-state index in [4.69, 9.17) is 0 Å². The van der Waals surface area contributed by atoms with E-state index in [-0.39, 0.29) is 30.2 Å². The number of rotatable bonds is 6. The highest BCUT2D eigenvalue weighted by Gasteiger charge is 2.35. The van der Waals surface area contributed by atoms with Crippen LogP contribution in [-0.2, 0) is 6.54 Å². The Kier molecular flexibility index (Phi) is 5.95. The number of benzene rings is 3. The average Bonchev–Trinajstić information content (AvgIpc) is 3.50. The van der Waals surface area contributed by atoms with Crippen LogP contribution in [-0.4, -0.2) is 28.5 Å². The van der Waals surface area contributed by atoms with Crippen LogP contribution in [0.25, 0.3) is 0 Å². The van der Waals surface area contributed by atoms with Crippen molar-refractivity contribution in [3.8, 4) is 0 Å². The van der Waals surface area contributed by atoms with E-state index in [0.717, 1.165) is 0 Å². The summed E-state index contributed by atoms with van der Waals surface area (Å²) in [5.41, 5.74) is 3.02.